The van der Waals surface area contributed by atoms with Crippen LogP contribution in [0.25, 0.3) is 11.4 Å². The molecule has 1 aliphatic rings. The van der Waals surface area contributed by atoms with E-state index < -0.39 is 0 Å². The maximum absolute atomic E-state index is 13.9. The molecule has 4 rings (SSSR count). The summed E-state index contributed by atoms with van der Waals surface area (Å²) in [5.74, 6) is 0.836. The van der Waals surface area contributed by atoms with E-state index in [4.69, 9.17) is 4.52 Å². The minimum Gasteiger partial charge on any atom is -0.342 e. The molecule has 7 heteroatoms. The summed E-state index contributed by atoms with van der Waals surface area (Å²) in [6.45, 7) is 1.49. The lowest BCUT2D eigenvalue weighted by molar-refractivity contribution is -0.132. The number of benzene rings is 1. The standard InChI is InChI=1S/C20H20FN3O2S/c21-17-8-2-1-7-16(17)20-22-18(26-23-20)11-14-5-3-9-24(13-14)19(25)12-15-6-4-10-27-15/h1-2,4,6-8,10,14H,3,5,9,11-13H2. The number of hydrogen-bond acceptors (Lipinski definition) is 5. The largest absolute Gasteiger partial charge is 0.342 e. The minimum atomic E-state index is -0.368. The van der Waals surface area contributed by atoms with Gasteiger partial charge in [0.1, 0.15) is 5.82 Å². The zero-order chi connectivity index (χ0) is 18.6. The van der Waals surface area contributed by atoms with E-state index in [0.717, 1.165) is 24.3 Å². The van der Waals surface area contributed by atoms with Crippen molar-refractivity contribution < 1.29 is 13.7 Å². The van der Waals surface area contributed by atoms with Gasteiger partial charge >= 0.3 is 0 Å². The van der Waals surface area contributed by atoms with Gasteiger partial charge in [-0.15, -0.1) is 11.3 Å². The lowest BCUT2D eigenvalue weighted by Gasteiger charge is -2.32. The van der Waals surface area contributed by atoms with Crippen molar-refractivity contribution in [3.05, 3.63) is 58.4 Å². The van der Waals surface area contributed by atoms with Crippen LogP contribution in [0.5, 0.6) is 0 Å². The van der Waals surface area contributed by atoms with Crippen LogP contribution >= 0.6 is 11.3 Å². The van der Waals surface area contributed by atoms with Gasteiger partial charge in [-0.3, -0.25) is 4.79 Å². The molecule has 0 spiro atoms. The Morgan fingerprint density at radius 1 is 1.30 bits per heavy atom. The summed E-state index contributed by atoms with van der Waals surface area (Å²) in [5, 5.41) is 5.90. The summed E-state index contributed by atoms with van der Waals surface area (Å²) < 4.78 is 19.2. The number of nitrogens with zero attached hydrogens (tertiary/aromatic N) is 3. The van der Waals surface area contributed by atoms with Crippen molar-refractivity contribution in [3.63, 3.8) is 0 Å². The fourth-order valence-corrected chi connectivity index (χ4v) is 4.16. The number of halogens is 1. The highest BCUT2D eigenvalue weighted by atomic mass is 32.1. The normalized spacial score (nSPS) is 17.2. The summed E-state index contributed by atoms with van der Waals surface area (Å²) in [6, 6.07) is 10.3. The molecule has 1 unspecified atom stereocenters. The van der Waals surface area contributed by atoms with E-state index in [2.05, 4.69) is 10.1 Å². The van der Waals surface area contributed by atoms with Gasteiger partial charge in [0.25, 0.3) is 0 Å². The van der Waals surface area contributed by atoms with Gasteiger partial charge in [-0.25, -0.2) is 4.39 Å². The second-order valence-electron chi connectivity index (χ2n) is 6.80. The van der Waals surface area contributed by atoms with Crippen molar-refractivity contribution in [3.8, 4) is 11.4 Å². The Morgan fingerprint density at radius 3 is 3.00 bits per heavy atom. The fraction of sp³-hybridized carbons (Fsp3) is 0.350. The quantitative estimate of drug-likeness (QED) is 0.667. The Balaban J connectivity index is 1.38. The smallest absolute Gasteiger partial charge is 0.227 e. The molecule has 0 radical (unpaired) electrons. The summed E-state index contributed by atoms with van der Waals surface area (Å²) in [5.41, 5.74) is 0.337. The predicted octanol–water partition coefficient (Wildman–Crippen LogP) is 3.96. The maximum Gasteiger partial charge on any atom is 0.227 e. The zero-order valence-corrected chi connectivity index (χ0v) is 15.6. The molecule has 3 aromatic rings. The summed E-state index contributed by atoms with van der Waals surface area (Å²) in [4.78, 5) is 19.9. The Morgan fingerprint density at radius 2 is 2.19 bits per heavy atom. The number of likely N-dealkylation sites (tertiary alicyclic amines) is 1. The molecule has 0 N–H and O–H groups in total. The summed E-state index contributed by atoms with van der Waals surface area (Å²) in [7, 11) is 0. The summed E-state index contributed by atoms with van der Waals surface area (Å²) >= 11 is 1.61. The topological polar surface area (TPSA) is 59.2 Å². The van der Waals surface area contributed by atoms with Gasteiger partial charge in [0.15, 0.2) is 0 Å². The van der Waals surface area contributed by atoms with Crippen LogP contribution in [0.4, 0.5) is 4.39 Å². The van der Waals surface area contributed by atoms with Crippen molar-refractivity contribution in [2.24, 2.45) is 5.92 Å². The van der Waals surface area contributed by atoms with Gasteiger partial charge in [0.2, 0.25) is 17.6 Å². The van der Waals surface area contributed by atoms with E-state index in [1.165, 1.54) is 6.07 Å². The lowest BCUT2D eigenvalue weighted by Crippen LogP contribution is -2.41. The Bertz CT molecular complexity index is 910. The van der Waals surface area contributed by atoms with Crippen molar-refractivity contribution >= 4 is 17.2 Å². The van der Waals surface area contributed by atoms with Crippen molar-refractivity contribution in [1.29, 1.82) is 0 Å². The van der Waals surface area contributed by atoms with Crippen LogP contribution in [0.3, 0.4) is 0 Å². The average molecular weight is 385 g/mol. The van der Waals surface area contributed by atoms with Gasteiger partial charge in [-0.2, -0.15) is 4.98 Å². The second-order valence-corrected chi connectivity index (χ2v) is 7.83. The minimum absolute atomic E-state index is 0.166. The predicted molar refractivity (Wildman–Crippen MR) is 101 cm³/mol. The molecule has 1 atom stereocenters. The maximum atomic E-state index is 13.9. The van der Waals surface area contributed by atoms with E-state index in [9.17, 15) is 9.18 Å². The molecule has 27 heavy (non-hydrogen) atoms. The molecule has 1 aliphatic heterocycles. The Labute approximate surface area is 160 Å². The van der Waals surface area contributed by atoms with Crippen LogP contribution in [0.2, 0.25) is 0 Å². The zero-order valence-electron chi connectivity index (χ0n) is 14.8. The third-order valence-corrected chi connectivity index (χ3v) is 5.70. The molecule has 0 saturated carbocycles. The molecule has 0 aliphatic carbocycles. The van der Waals surface area contributed by atoms with Gasteiger partial charge in [0.05, 0.1) is 12.0 Å². The molecular weight excluding hydrogens is 365 g/mol. The highest BCUT2D eigenvalue weighted by Gasteiger charge is 2.26. The first-order chi connectivity index (χ1) is 13.2. The van der Waals surface area contributed by atoms with E-state index >= 15 is 0 Å². The van der Waals surface area contributed by atoms with Crippen LogP contribution in [0.15, 0.2) is 46.3 Å². The second kappa shape index (κ2) is 8.00. The first kappa shape index (κ1) is 17.9. The number of aromatic nitrogens is 2. The molecule has 140 valence electrons. The van der Waals surface area contributed by atoms with E-state index in [-0.39, 0.29) is 23.5 Å². The van der Waals surface area contributed by atoms with Gasteiger partial charge in [0, 0.05) is 24.4 Å². The number of rotatable bonds is 5. The number of carbonyl (C=O) groups excluding carboxylic acids is 1. The van der Waals surface area contributed by atoms with Crippen molar-refractivity contribution in [2.45, 2.75) is 25.7 Å². The Hall–Kier alpha value is -2.54. The molecule has 5 nitrogen and oxygen atoms in total. The number of hydrogen-bond donors (Lipinski definition) is 0. The molecule has 3 heterocycles. The van der Waals surface area contributed by atoms with Gasteiger partial charge in [-0.05, 0) is 42.3 Å². The van der Waals surface area contributed by atoms with Crippen molar-refractivity contribution in [2.75, 3.05) is 13.1 Å². The number of piperidine rings is 1. The van der Waals surface area contributed by atoms with Crippen LogP contribution in [0.1, 0.15) is 23.6 Å². The Kier molecular flexibility index (Phi) is 5.29. The molecule has 1 aromatic carbocycles. The third-order valence-electron chi connectivity index (χ3n) is 4.82. The van der Waals surface area contributed by atoms with Crippen molar-refractivity contribution in [1.82, 2.24) is 15.0 Å². The molecular formula is C20H20FN3O2S. The van der Waals surface area contributed by atoms with Gasteiger partial charge in [-0.1, -0.05) is 23.4 Å². The average Bonchev–Trinajstić information content (AvgIpc) is 3.34. The van der Waals surface area contributed by atoms with E-state index in [1.54, 1.807) is 29.5 Å². The molecule has 1 amide bonds. The molecule has 1 saturated heterocycles. The van der Waals surface area contributed by atoms with Crippen LogP contribution in [0, 0.1) is 11.7 Å². The monoisotopic (exact) mass is 385 g/mol. The van der Waals surface area contributed by atoms with Crippen LogP contribution in [-0.4, -0.2) is 34.0 Å². The molecule has 1 fully saturated rings. The highest BCUT2D eigenvalue weighted by Crippen LogP contribution is 2.24. The van der Waals surface area contributed by atoms with E-state index in [1.807, 2.05) is 22.4 Å². The van der Waals surface area contributed by atoms with E-state index in [0.29, 0.717) is 30.8 Å². The SMILES string of the molecule is O=C(Cc1cccs1)N1CCCC(Cc2nc(-c3ccccc3F)no2)C1. The first-order valence-corrected chi connectivity index (χ1v) is 9.94. The van der Waals surface area contributed by atoms with Crippen LogP contribution < -0.4 is 0 Å². The van der Waals surface area contributed by atoms with Gasteiger partial charge < -0.3 is 9.42 Å². The molecule has 2 aromatic heterocycles. The number of carbonyl (C=O) groups is 1. The fourth-order valence-electron chi connectivity index (χ4n) is 3.47. The number of amides is 1. The lowest BCUT2D eigenvalue weighted by atomic mass is 9.94. The highest BCUT2D eigenvalue weighted by molar-refractivity contribution is 7.10. The molecule has 0 bridgehead atoms. The summed E-state index contributed by atoms with van der Waals surface area (Å²) in [6.07, 6.45) is 3.04. The number of thiophene rings is 1. The first-order valence-electron chi connectivity index (χ1n) is 9.06. The third kappa shape index (κ3) is 4.24. The van der Waals surface area contributed by atoms with Crippen LogP contribution in [-0.2, 0) is 17.6 Å².